The summed E-state index contributed by atoms with van der Waals surface area (Å²) in [6.07, 6.45) is 1.24. The first-order valence-electron chi connectivity index (χ1n) is 11.6. The molecule has 0 atom stereocenters. The predicted molar refractivity (Wildman–Crippen MR) is 119 cm³/mol. The van der Waals surface area contributed by atoms with Gasteiger partial charge < -0.3 is 43.0 Å². The smallest absolute Gasteiger partial charge is 0.305 e. The van der Waals surface area contributed by atoms with Gasteiger partial charge in [0.2, 0.25) is 0 Å². The number of halogens is 1. The number of rotatable bonds is 28. The molecule has 12 heteroatoms. The van der Waals surface area contributed by atoms with Gasteiger partial charge in [0.1, 0.15) is 13.3 Å². The van der Waals surface area contributed by atoms with Gasteiger partial charge in [-0.05, 0) is 12.8 Å². The number of carboxylic acid groups (broad SMARTS) is 1. The van der Waals surface area contributed by atoms with Crippen molar-refractivity contribution >= 4 is 11.9 Å². The van der Waals surface area contributed by atoms with E-state index in [0.29, 0.717) is 92.1 Å². The number of hydrogen-bond donors (Lipinski definition) is 1. The molecule has 0 spiro atoms. The highest BCUT2D eigenvalue weighted by Gasteiger charge is 2.04. The monoisotopic (exact) mass is 500 g/mol. The number of hydrogen-bond acceptors (Lipinski definition) is 10. The zero-order valence-corrected chi connectivity index (χ0v) is 20.0. The van der Waals surface area contributed by atoms with Crippen molar-refractivity contribution < 1.29 is 57.0 Å². The van der Waals surface area contributed by atoms with Gasteiger partial charge in [0.05, 0.1) is 92.5 Å². The summed E-state index contributed by atoms with van der Waals surface area (Å²) < 4.78 is 53.7. The molecule has 0 heterocycles. The molecule has 1 N–H and O–H groups in total. The second-order valence-corrected chi connectivity index (χ2v) is 6.80. The summed E-state index contributed by atoms with van der Waals surface area (Å²) in [5.41, 5.74) is 0. The molecule has 11 nitrogen and oxygen atoms in total. The van der Waals surface area contributed by atoms with Gasteiger partial charge in [-0.1, -0.05) is 0 Å². The number of ether oxygens (including phenoxy) is 8. The second kappa shape index (κ2) is 27.8. The molecule has 0 aliphatic rings. The molecule has 0 aromatic rings. The summed E-state index contributed by atoms with van der Waals surface area (Å²) in [6, 6.07) is 0. The summed E-state index contributed by atoms with van der Waals surface area (Å²) in [5.74, 6) is -1.21. The maximum absolute atomic E-state index is 11.8. The van der Waals surface area contributed by atoms with Gasteiger partial charge in [-0.25, -0.2) is 4.39 Å². The van der Waals surface area contributed by atoms with Crippen LogP contribution in [0, 0.1) is 0 Å². The fourth-order valence-corrected chi connectivity index (χ4v) is 2.31. The zero-order valence-electron chi connectivity index (χ0n) is 20.0. The van der Waals surface area contributed by atoms with Crippen LogP contribution in [0.15, 0.2) is 0 Å². The van der Waals surface area contributed by atoms with Crippen LogP contribution in [0.5, 0.6) is 0 Å². The third-order valence-corrected chi connectivity index (χ3v) is 3.97. The van der Waals surface area contributed by atoms with Crippen LogP contribution >= 0.6 is 0 Å². The first-order chi connectivity index (χ1) is 16.7. The standard InChI is InChI=1S/C22H41FO11/c23-5-6-27-7-8-28-9-10-29-11-12-30-13-14-31-15-16-32-17-18-33-19-20-34-22(26)4-2-1-3-21(24)25/h1-20H2,(H,24,25). The fraction of sp³-hybridized carbons (Fsp3) is 0.909. The number of esters is 1. The number of carbonyl (C=O) groups excluding carboxylic acids is 1. The largest absolute Gasteiger partial charge is 0.481 e. The molecular weight excluding hydrogens is 459 g/mol. The van der Waals surface area contributed by atoms with Gasteiger partial charge in [0.15, 0.2) is 0 Å². The van der Waals surface area contributed by atoms with Gasteiger partial charge in [-0.3, -0.25) is 9.59 Å². The van der Waals surface area contributed by atoms with Crippen molar-refractivity contribution in [3.05, 3.63) is 0 Å². The Hall–Kier alpha value is -1.41. The van der Waals surface area contributed by atoms with E-state index in [1.54, 1.807) is 0 Å². The Morgan fingerprint density at radius 3 is 1.18 bits per heavy atom. The Bertz CT molecular complexity index is 455. The van der Waals surface area contributed by atoms with Crippen LogP contribution in [0.25, 0.3) is 0 Å². The van der Waals surface area contributed by atoms with Crippen LogP contribution in [-0.4, -0.2) is 123 Å². The van der Waals surface area contributed by atoms with E-state index >= 15 is 0 Å². The number of unbranched alkanes of at least 4 members (excludes halogenated alkanes) is 1. The van der Waals surface area contributed by atoms with Crippen LogP contribution in [0.3, 0.4) is 0 Å². The quantitative estimate of drug-likeness (QED) is 0.123. The van der Waals surface area contributed by atoms with Gasteiger partial charge in [-0.2, -0.15) is 0 Å². The number of alkyl halides is 1. The predicted octanol–water partition coefficient (Wildman–Crippen LogP) is 1.26. The topological polar surface area (TPSA) is 128 Å². The van der Waals surface area contributed by atoms with Crippen molar-refractivity contribution in [2.45, 2.75) is 25.7 Å². The Morgan fingerprint density at radius 1 is 0.500 bits per heavy atom. The first-order valence-corrected chi connectivity index (χ1v) is 11.6. The van der Waals surface area contributed by atoms with Crippen LogP contribution in [0.1, 0.15) is 25.7 Å². The minimum Gasteiger partial charge on any atom is -0.481 e. The van der Waals surface area contributed by atoms with Gasteiger partial charge in [0.25, 0.3) is 0 Å². The molecule has 0 unspecified atom stereocenters. The molecule has 0 amide bonds. The average molecular weight is 501 g/mol. The lowest BCUT2D eigenvalue weighted by molar-refractivity contribution is -0.146. The van der Waals surface area contributed by atoms with E-state index in [1.165, 1.54) is 0 Å². The highest BCUT2D eigenvalue weighted by molar-refractivity contribution is 5.69. The molecule has 0 bridgehead atoms. The first kappa shape index (κ1) is 32.6. The van der Waals surface area contributed by atoms with E-state index in [-0.39, 0.29) is 38.6 Å². The lowest BCUT2D eigenvalue weighted by Crippen LogP contribution is -2.15. The van der Waals surface area contributed by atoms with Crippen molar-refractivity contribution in [3.8, 4) is 0 Å². The summed E-state index contributed by atoms with van der Waals surface area (Å²) in [5, 5.41) is 8.51. The van der Waals surface area contributed by atoms with Gasteiger partial charge >= 0.3 is 11.9 Å². The number of carboxylic acids is 1. The molecular formula is C22H41FO11. The van der Waals surface area contributed by atoms with Crippen molar-refractivity contribution in [2.75, 3.05) is 106 Å². The molecule has 0 aliphatic heterocycles. The van der Waals surface area contributed by atoms with E-state index in [4.69, 9.17) is 43.0 Å². The van der Waals surface area contributed by atoms with Crippen LogP contribution in [0.2, 0.25) is 0 Å². The van der Waals surface area contributed by atoms with Gasteiger partial charge in [-0.15, -0.1) is 0 Å². The molecule has 0 aromatic heterocycles. The van der Waals surface area contributed by atoms with E-state index in [0.717, 1.165) is 0 Å². The molecule has 0 saturated carbocycles. The molecule has 0 saturated heterocycles. The minimum atomic E-state index is -0.864. The average Bonchev–Trinajstić information content (AvgIpc) is 2.82. The SMILES string of the molecule is O=C(O)CCCCC(=O)OCCOCCOCCOCCOCCOCCOCCOCCF. The van der Waals surface area contributed by atoms with E-state index in [1.807, 2.05) is 0 Å². The van der Waals surface area contributed by atoms with E-state index in [9.17, 15) is 14.0 Å². The fourth-order valence-electron chi connectivity index (χ4n) is 2.31. The molecule has 0 aliphatic carbocycles. The summed E-state index contributed by atoms with van der Waals surface area (Å²) in [7, 11) is 0. The van der Waals surface area contributed by atoms with E-state index < -0.39 is 12.6 Å². The van der Waals surface area contributed by atoms with Crippen LogP contribution < -0.4 is 0 Å². The lowest BCUT2D eigenvalue weighted by Gasteiger charge is -2.08. The molecule has 0 rings (SSSR count). The Labute approximate surface area is 201 Å². The summed E-state index contributed by atoms with van der Waals surface area (Å²) in [4.78, 5) is 21.8. The molecule has 34 heavy (non-hydrogen) atoms. The van der Waals surface area contributed by atoms with Gasteiger partial charge in [0, 0.05) is 12.8 Å². The van der Waals surface area contributed by atoms with Crippen LogP contribution in [-0.2, 0) is 47.5 Å². The molecule has 202 valence electrons. The Kier molecular flexibility index (Phi) is 26.7. The highest BCUT2D eigenvalue weighted by Crippen LogP contribution is 2.01. The zero-order chi connectivity index (χ0) is 25.0. The second-order valence-electron chi connectivity index (χ2n) is 6.80. The third-order valence-electron chi connectivity index (χ3n) is 3.97. The summed E-state index contributed by atoms with van der Waals surface area (Å²) in [6.45, 7) is 5.34. The van der Waals surface area contributed by atoms with Crippen molar-refractivity contribution in [1.82, 2.24) is 0 Å². The summed E-state index contributed by atoms with van der Waals surface area (Å²) >= 11 is 0. The van der Waals surface area contributed by atoms with Crippen molar-refractivity contribution in [2.24, 2.45) is 0 Å². The number of aliphatic carboxylic acids is 1. The Balaban J connectivity index is 3.10. The molecule has 0 aromatic carbocycles. The Morgan fingerprint density at radius 2 is 0.824 bits per heavy atom. The van der Waals surface area contributed by atoms with E-state index in [2.05, 4.69) is 0 Å². The maximum Gasteiger partial charge on any atom is 0.305 e. The third kappa shape index (κ3) is 28.6. The minimum absolute atomic E-state index is 0.0606. The number of carbonyl (C=O) groups is 2. The highest BCUT2D eigenvalue weighted by atomic mass is 19.1. The molecule has 0 fully saturated rings. The van der Waals surface area contributed by atoms with Crippen LogP contribution in [0.4, 0.5) is 4.39 Å². The van der Waals surface area contributed by atoms with Crippen molar-refractivity contribution in [1.29, 1.82) is 0 Å². The normalized spacial score (nSPS) is 11.1. The maximum atomic E-state index is 11.8. The van der Waals surface area contributed by atoms with Crippen molar-refractivity contribution in [3.63, 3.8) is 0 Å². The molecule has 0 radical (unpaired) electrons. The lowest BCUT2D eigenvalue weighted by atomic mass is 10.2.